The van der Waals surface area contributed by atoms with Crippen LogP contribution in [0.15, 0.2) is 6.07 Å². The molecule has 4 aliphatic carbocycles. The number of fused-ring (bicyclic) bond motifs is 3. The molecule has 1 aromatic rings. The fraction of sp³-hybridized carbons (Fsp3) is 0.556. The van der Waals surface area contributed by atoms with Gasteiger partial charge in [0.1, 0.15) is 5.75 Å². The molecule has 6 atom stereocenters. The number of ketones is 4. The number of aromatic hydroxyl groups is 1. The van der Waals surface area contributed by atoms with Gasteiger partial charge in [0.2, 0.25) is 5.91 Å². The fourth-order valence-corrected chi connectivity index (χ4v) is 6.72. The minimum Gasteiger partial charge on any atom is -0.506 e. The minimum absolute atomic E-state index is 0.00945. The molecule has 0 radical (unpaired) electrons. The number of anilines is 1. The number of rotatable bonds is 5. The number of carbonyl (C=O) groups is 6. The largest absolute Gasteiger partial charge is 0.506 e. The Hall–Kier alpha value is -3.64. The van der Waals surface area contributed by atoms with E-state index in [2.05, 4.69) is 5.32 Å². The first-order valence-electron chi connectivity index (χ1n) is 12.9. The van der Waals surface area contributed by atoms with E-state index >= 15 is 0 Å². The maximum Gasteiger partial charge on any atom is 0.255 e. The van der Waals surface area contributed by atoms with Crippen LogP contribution >= 0.6 is 0 Å². The topological polar surface area (TPSA) is 187 Å². The summed E-state index contributed by atoms with van der Waals surface area (Å²) in [5.41, 5.74) is 3.19. The van der Waals surface area contributed by atoms with Crippen molar-refractivity contribution in [3.05, 3.63) is 22.8 Å². The number of likely N-dealkylation sites (N-methyl/N-ethyl adjacent to an activating group) is 1. The first-order valence-corrected chi connectivity index (χ1v) is 12.9. The van der Waals surface area contributed by atoms with Crippen LogP contribution in [0.4, 0.5) is 5.69 Å². The molecule has 0 spiro atoms. The van der Waals surface area contributed by atoms with E-state index in [4.69, 9.17) is 5.73 Å². The van der Waals surface area contributed by atoms with Gasteiger partial charge in [0, 0.05) is 31.7 Å². The van der Waals surface area contributed by atoms with Crippen LogP contribution in [0.25, 0.3) is 0 Å². The van der Waals surface area contributed by atoms with E-state index in [-0.39, 0.29) is 30.0 Å². The van der Waals surface area contributed by atoms with Gasteiger partial charge in [-0.1, -0.05) is 0 Å². The second-order valence-corrected chi connectivity index (χ2v) is 11.6. The van der Waals surface area contributed by atoms with Crippen LogP contribution in [0.5, 0.6) is 5.75 Å². The molecule has 0 bridgehead atoms. The summed E-state index contributed by atoms with van der Waals surface area (Å²) in [6.07, 6.45) is 1.70. The van der Waals surface area contributed by atoms with E-state index in [1.807, 2.05) is 0 Å². The van der Waals surface area contributed by atoms with Crippen molar-refractivity contribution in [1.82, 2.24) is 10.2 Å². The second-order valence-electron chi connectivity index (χ2n) is 11.6. The number of amides is 2. The van der Waals surface area contributed by atoms with E-state index in [0.29, 0.717) is 11.3 Å². The summed E-state index contributed by atoms with van der Waals surface area (Å²) in [7, 11) is 6.51. The lowest BCUT2D eigenvalue weighted by Crippen LogP contribution is -2.74. The summed E-state index contributed by atoms with van der Waals surface area (Å²) in [4.78, 5) is 82.6. The second kappa shape index (κ2) is 8.95. The van der Waals surface area contributed by atoms with Crippen molar-refractivity contribution in [1.29, 1.82) is 0 Å². The zero-order chi connectivity index (χ0) is 28.7. The molecule has 0 aromatic heterocycles. The predicted octanol–water partition coefficient (Wildman–Crippen LogP) is -1.17. The number of phenolic OH excluding ortho intramolecular Hbond substituents is 1. The van der Waals surface area contributed by atoms with Gasteiger partial charge in [-0.3, -0.25) is 33.7 Å². The molecule has 208 valence electrons. The molecular weight excluding hydrogens is 508 g/mol. The Morgan fingerprint density at radius 3 is 2.26 bits per heavy atom. The van der Waals surface area contributed by atoms with Gasteiger partial charge >= 0.3 is 0 Å². The molecule has 12 nitrogen and oxygen atoms in total. The van der Waals surface area contributed by atoms with E-state index in [1.165, 1.54) is 25.1 Å². The maximum atomic E-state index is 14.0. The van der Waals surface area contributed by atoms with Crippen molar-refractivity contribution in [2.75, 3.05) is 33.1 Å². The molecule has 3 saturated carbocycles. The van der Waals surface area contributed by atoms with Crippen molar-refractivity contribution in [3.63, 3.8) is 0 Å². The summed E-state index contributed by atoms with van der Waals surface area (Å²) >= 11 is 0. The van der Waals surface area contributed by atoms with Crippen molar-refractivity contribution >= 4 is 40.6 Å². The van der Waals surface area contributed by atoms with Crippen molar-refractivity contribution in [3.8, 4) is 5.75 Å². The normalized spacial score (nSPS) is 31.9. The minimum atomic E-state index is -2.79. The van der Waals surface area contributed by atoms with E-state index in [0.717, 1.165) is 12.8 Å². The third-order valence-electron chi connectivity index (χ3n) is 8.68. The number of aliphatic hydroxyl groups is 1. The number of hydrogen-bond acceptors (Lipinski definition) is 10. The molecule has 5 N–H and O–H groups in total. The van der Waals surface area contributed by atoms with E-state index in [9.17, 15) is 39.0 Å². The average Bonchev–Trinajstić information content (AvgIpc) is 3.64. The third kappa shape index (κ3) is 3.80. The van der Waals surface area contributed by atoms with Crippen molar-refractivity contribution < 1.29 is 39.0 Å². The smallest absolute Gasteiger partial charge is 0.255 e. The Morgan fingerprint density at radius 1 is 1.08 bits per heavy atom. The van der Waals surface area contributed by atoms with Crippen LogP contribution in [-0.2, 0) is 25.6 Å². The SMILES string of the molecule is CN(C)c1cc(C(=O)NC2CC2)c(O)c2c1C[C@H]1C[C@H]3[C@H](N(C)C)C(=O)C(C(N)=O)C(=O)[C@@]3(O)C(=O)C1C2=O. The monoisotopic (exact) mass is 540 g/mol. The maximum absolute atomic E-state index is 14.0. The highest BCUT2D eigenvalue weighted by atomic mass is 16.3. The van der Waals surface area contributed by atoms with Gasteiger partial charge in [-0.15, -0.1) is 0 Å². The molecule has 2 unspecified atom stereocenters. The first kappa shape index (κ1) is 26.9. The molecule has 0 heterocycles. The van der Waals surface area contributed by atoms with Crippen LogP contribution in [0, 0.1) is 23.7 Å². The van der Waals surface area contributed by atoms with Gasteiger partial charge in [-0.25, -0.2) is 0 Å². The standard InChI is InChI=1S/C27H32N4O8/c1-30(2)15-9-13(26(38)29-11-5-6-11)20(32)17-12(15)7-10-8-14-19(31(3)4)22(34)18(25(28)37)24(36)27(14,39)23(35)16(10)21(17)33/h9-11,14,16,18-19,32,39H,5-8H2,1-4H3,(H2,28,37)(H,29,38)/t10-,14-,16?,18?,19-,27-/m0/s1. The number of nitrogens with one attached hydrogen (secondary N) is 1. The third-order valence-corrected chi connectivity index (χ3v) is 8.68. The zero-order valence-corrected chi connectivity index (χ0v) is 22.2. The molecule has 12 heteroatoms. The Labute approximate surface area is 224 Å². The summed E-state index contributed by atoms with van der Waals surface area (Å²) in [6.45, 7) is 0. The van der Waals surface area contributed by atoms with Gasteiger partial charge in [-0.05, 0) is 57.3 Å². The molecule has 3 fully saturated rings. The Bertz CT molecular complexity index is 1350. The van der Waals surface area contributed by atoms with Gasteiger partial charge in [-0.2, -0.15) is 0 Å². The summed E-state index contributed by atoms with van der Waals surface area (Å²) in [5.74, 6) is -11.9. The molecule has 0 saturated heterocycles. The highest BCUT2D eigenvalue weighted by molar-refractivity contribution is 6.32. The number of phenols is 1. The molecule has 39 heavy (non-hydrogen) atoms. The predicted molar refractivity (Wildman–Crippen MR) is 136 cm³/mol. The summed E-state index contributed by atoms with van der Waals surface area (Å²) in [5, 5.41) is 25.6. The lowest BCUT2D eigenvalue weighted by atomic mass is 9.52. The van der Waals surface area contributed by atoms with Gasteiger partial charge in [0.25, 0.3) is 5.91 Å². The average molecular weight is 541 g/mol. The highest BCUT2D eigenvalue weighted by Crippen LogP contribution is 2.52. The number of nitrogens with zero attached hydrogens (tertiary/aromatic N) is 2. The number of primary amides is 1. The van der Waals surface area contributed by atoms with Crippen molar-refractivity contribution in [2.24, 2.45) is 29.4 Å². The van der Waals surface area contributed by atoms with Crippen LogP contribution in [0.3, 0.4) is 0 Å². The van der Waals surface area contributed by atoms with E-state index < -0.39 is 76.0 Å². The first-order chi connectivity index (χ1) is 18.2. The number of nitrogens with two attached hydrogens (primary N) is 1. The van der Waals surface area contributed by atoms with Crippen molar-refractivity contribution in [2.45, 2.75) is 43.4 Å². The number of Topliss-reactive ketones (excluding diaryl/α,β-unsaturated/α-hetero) is 4. The van der Waals surface area contributed by atoms with Crippen LogP contribution in [0.2, 0.25) is 0 Å². The highest BCUT2D eigenvalue weighted by Gasteiger charge is 2.69. The van der Waals surface area contributed by atoms with Crippen LogP contribution in [-0.4, -0.2) is 95.9 Å². The zero-order valence-electron chi connectivity index (χ0n) is 22.2. The Morgan fingerprint density at radius 2 is 1.72 bits per heavy atom. The van der Waals surface area contributed by atoms with Crippen LogP contribution in [0.1, 0.15) is 45.5 Å². The lowest BCUT2D eigenvalue weighted by Gasteiger charge is -2.52. The number of carbonyl (C=O) groups excluding carboxylic acids is 6. The van der Waals surface area contributed by atoms with Gasteiger partial charge in [0.05, 0.1) is 23.1 Å². The fourth-order valence-electron chi connectivity index (χ4n) is 6.72. The van der Waals surface area contributed by atoms with Gasteiger partial charge in [0.15, 0.2) is 34.7 Å². The van der Waals surface area contributed by atoms with Crippen LogP contribution < -0.4 is 16.0 Å². The molecule has 5 rings (SSSR count). The quantitative estimate of drug-likeness (QED) is 0.331. The van der Waals surface area contributed by atoms with E-state index in [1.54, 1.807) is 19.0 Å². The molecule has 0 aliphatic heterocycles. The molecule has 1 aromatic carbocycles. The Balaban J connectivity index is 1.65. The lowest BCUT2D eigenvalue weighted by molar-refractivity contribution is -0.181. The molecule has 2 amide bonds. The van der Waals surface area contributed by atoms with Gasteiger partial charge < -0.3 is 26.2 Å². The molecular formula is C27H32N4O8. The summed E-state index contributed by atoms with van der Waals surface area (Å²) in [6, 6.07) is 0.334. The molecule has 4 aliphatic rings. The number of hydrogen-bond donors (Lipinski definition) is 4. The Kier molecular flexibility index (Phi) is 6.18. The number of benzene rings is 1. The summed E-state index contributed by atoms with van der Waals surface area (Å²) < 4.78 is 0.